The highest BCUT2D eigenvalue weighted by atomic mass is 16.1. The molecule has 0 fully saturated rings. The van der Waals surface area contributed by atoms with Crippen LogP contribution in [-0.2, 0) is 0 Å². The first-order chi connectivity index (χ1) is 11.6. The van der Waals surface area contributed by atoms with Gasteiger partial charge in [0.25, 0.3) is 0 Å². The van der Waals surface area contributed by atoms with Gasteiger partial charge >= 0.3 is 0 Å². The largest absolute Gasteiger partial charge is 0.298 e. The fourth-order valence-corrected chi connectivity index (χ4v) is 1.58. The number of benzene rings is 1. The van der Waals surface area contributed by atoms with Crippen LogP contribution in [0.1, 0.15) is 42.6 Å². The lowest BCUT2D eigenvalue weighted by atomic mass is 10.1. The Labute approximate surface area is 147 Å². The maximum atomic E-state index is 10.5. The van der Waals surface area contributed by atoms with Crippen LogP contribution in [0.5, 0.6) is 0 Å². The molecule has 0 spiro atoms. The van der Waals surface area contributed by atoms with Crippen molar-refractivity contribution >= 4 is 12.4 Å². The molecule has 0 N–H and O–H groups in total. The minimum Gasteiger partial charge on any atom is -0.298 e. The van der Waals surface area contributed by atoms with Crippen molar-refractivity contribution < 1.29 is 4.79 Å². The molecule has 0 bridgehead atoms. The lowest BCUT2D eigenvalue weighted by molar-refractivity contribution is 0.112. The van der Waals surface area contributed by atoms with Gasteiger partial charge in [0.15, 0.2) is 0 Å². The maximum Gasteiger partial charge on any atom is 0.150 e. The summed E-state index contributed by atoms with van der Waals surface area (Å²) in [5.41, 5.74) is 3.97. The SMILES string of the molecule is C=C/C=C(\C=C/CC)/C=C/c1ccc(C=O)cc1.C=CC(=C)CC. The molecule has 0 saturated heterocycles. The Hall–Kier alpha value is -2.67. The van der Waals surface area contributed by atoms with E-state index in [1.54, 1.807) is 12.2 Å². The first kappa shape index (κ1) is 21.3. The summed E-state index contributed by atoms with van der Waals surface area (Å²) >= 11 is 0. The molecule has 1 heteroatoms. The quantitative estimate of drug-likeness (QED) is 0.383. The molecule has 0 heterocycles. The van der Waals surface area contributed by atoms with Gasteiger partial charge in [-0.15, -0.1) is 0 Å². The third-order valence-electron chi connectivity index (χ3n) is 3.14. The Kier molecular flexibility index (Phi) is 12.4. The fourth-order valence-electron chi connectivity index (χ4n) is 1.58. The summed E-state index contributed by atoms with van der Waals surface area (Å²) in [5.74, 6) is 0. The topological polar surface area (TPSA) is 17.1 Å². The zero-order valence-corrected chi connectivity index (χ0v) is 14.9. The van der Waals surface area contributed by atoms with Gasteiger partial charge in [-0.1, -0.05) is 106 Å². The van der Waals surface area contributed by atoms with E-state index in [9.17, 15) is 4.79 Å². The lowest BCUT2D eigenvalue weighted by Crippen LogP contribution is -1.79. The molecule has 0 amide bonds. The van der Waals surface area contributed by atoms with E-state index in [2.05, 4.69) is 45.7 Å². The highest BCUT2D eigenvalue weighted by molar-refractivity contribution is 5.75. The van der Waals surface area contributed by atoms with Crippen molar-refractivity contribution in [2.45, 2.75) is 26.7 Å². The molecule has 0 aliphatic heterocycles. The first-order valence-corrected chi connectivity index (χ1v) is 8.14. The van der Waals surface area contributed by atoms with E-state index in [0.29, 0.717) is 5.56 Å². The number of carbonyl (C=O) groups is 1. The van der Waals surface area contributed by atoms with Crippen LogP contribution in [0.15, 0.2) is 91.6 Å². The summed E-state index contributed by atoms with van der Waals surface area (Å²) in [5, 5.41) is 0. The van der Waals surface area contributed by atoms with Crippen LogP contribution >= 0.6 is 0 Å². The number of allylic oxidation sites excluding steroid dienone is 8. The normalized spacial score (nSPS) is 11.0. The van der Waals surface area contributed by atoms with Crippen LogP contribution in [0.2, 0.25) is 0 Å². The average molecular weight is 320 g/mol. The van der Waals surface area contributed by atoms with E-state index in [1.165, 1.54) is 0 Å². The van der Waals surface area contributed by atoms with Gasteiger partial charge in [-0.2, -0.15) is 0 Å². The first-order valence-electron chi connectivity index (χ1n) is 8.14. The second-order valence-corrected chi connectivity index (χ2v) is 5.05. The van der Waals surface area contributed by atoms with E-state index in [0.717, 1.165) is 35.8 Å². The molecule has 0 aromatic heterocycles. The molecule has 24 heavy (non-hydrogen) atoms. The van der Waals surface area contributed by atoms with Crippen molar-refractivity contribution in [3.63, 3.8) is 0 Å². The molecule has 1 aromatic rings. The standard InChI is InChI=1S/C17H18O.C6H10/c1-3-5-7-15(6-4-2)8-9-16-10-12-17(14-18)13-11-16;1-4-6(3)5-2/h4-14H,2-3H2,1H3;4H,1,3,5H2,2H3/b7-5-,9-8+,15-6+;. The van der Waals surface area contributed by atoms with Crippen LogP contribution in [0.3, 0.4) is 0 Å². The molecule has 1 nitrogen and oxygen atoms in total. The summed E-state index contributed by atoms with van der Waals surface area (Å²) in [6.45, 7) is 15.1. The highest BCUT2D eigenvalue weighted by Crippen LogP contribution is 2.08. The number of carbonyl (C=O) groups excluding carboxylic acids is 1. The summed E-state index contributed by atoms with van der Waals surface area (Å²) in [6.07, 6.45) is 16.6. The zero-order chi connectivity index (χ0) is 18.2. The monoisotopic (exact) mass is 320 g/mol. The third-order valence-corrected chi connectivity index (χ3v) is 3.14. The second-order valence-electron chi connectivity index (χ2n) is 5.05. The Morgan fingerprint density at radius 3 is 2.08 bits per heavy atom. The predicted molar refractivity (Wildman–Crippen MR) is 108 cm³/mol. The van der Waals surface area contributed by atoms with Crippen LogP contribution in [-0.4, -0.2) is 6.29 Å². The smallest absolute Gasteiger partial charge is 0.150 e. The Morgan fingerprint density at radius 1 is 1.04 bits per heavy atom. The molecular formula is C23H28O. The van der Waals surface area contributed by atoms with E-state index >= 15 is 0 Å². The molecule has 0 unspecified atom stereocenters. The van der Waals surface area contributed by atoms with Gasteiger partial charge in [0.05, 0.1) is 0 Å². The second kappa shape index (κ2) is 14.0. The minimum absolute atomic E-state index is 0.694. The van der Waals surface area contributed by atoms with Crippen molar-refractivity contribution in [3.05, 3.63) is 103 Å². The van der Waals surface area contributed by atoms with E-state index in [4.69, 9.17) is 0 Å². The molecule has 0 atom stereocenters. The number of aldehydes is 1. The van der Waals surface area contributed by atoms with Crippen molar-refractivity contribution in [3.8, 4) is 0 Å². The summed E-state index contributed by atoms with van der Waals surface area (Å²) in [4.78, 5) is 10.5. The molecule has 0 aliphatic rings. The fraction of sp³-hybridized carbons (Fsp3) is 0.174. The average Bonchev–Trinajstić information content (AvgIpc) is 2.64. The van der Waals surface area contributed by atoms with E-state index in [1.807, 2.05) is 42.5 Å². The van der Waals surface area contributed by atoms with Crippen molar-refractivity contribution in [1.29, 1.82) is 0 Å². The number of rotatable bonds is 8. The van der Waals surface area contributed by atoms with Crippen LogP contribution in [0, 0.1) is 0 Å². The van der Waals surface area contributed by atoms with Gasteiger partial charge < -0.3 is 0 Å². The lowest BCUT2D eigenvalue weighted by Gasteiger charge is -1.95. The summed E-state index contributed by atoms with van der Waals surface area (Å²) in [7, 11) is 0. The van der Waals surface area contributed by atoms with Crippen LogP contribution in [0.4, 0.5) is 0 Å². The molecule has 126 valence electrons. The van der Waals surface area contributed by atoms with Gasteiger partial charge in [0, 0.05) is 5.56 Å². The molecule has 0 saturated carbocycles. The molecule has 0 radical (unpaired) electrons. The Bertz CT molecular complexity index is 610. The highest BCUT2D eigenvalue weighted by Gasteiger charge is 1.90. The van der Waals surface area contributed by atoms with Crippen molar-refractivity contribution in [2.24, 2.45) is 0 Å². The molecular weight excluding hydrogens is 292 g/mol. The Balaban J connectivity index is 0.000000754. The molecule has 1 aromatic carbocycles. The predicted octanol–water partition coefficient (Wildman–Crippen LogP) is 6.73. The van der Waals surface area contributed by atoms with Crippen molar-refractivity contribution in [1.82, 2.24) is 0 Å². The van der Waals surface area contributed by atoms with Crippen molar-refractivity contribution in [2.75, 3.05) is 0 Å². The zero-order valence-electron chi connectivity index (χ0n) is 14.9. The van der Waals surface area contributed by atoms with Gasteiger partial charge in [-0.25, -0.2) is 0 Å². The summed E-state index contributed by atoms with van der Waals surface area (Å²) in [6, 6.07) is 7.47. The minimum atomic E-state index is 0.694. The van der Waals surface area contributed by atoms with Crippen LogP contribution in [0.25, 0.3) is 6.08 Å². The van der Waals surface area contributed by atoms with E-state index in [-0.39, 0.29) is 0 Å². The maximum absolute atomic E-state index is 10.5. The van der Waals surface area contributed by atoms with Gasteiger partial charge in [-0.3, -0.25) is 4.79 Å². The number of hydrogen-bond donors (Lipinski definition) is 0. The van der Waals surface area contributed by atoms with Crippen LogP contribution < -0.4 is 0 Å². The molecule has 0 aliphatic carbocycles. The summed E-state index contributed by atoms with van der Waals surface area (Å²) < 4.78 is 0. The van der Waals surface area contributed by atoms with Gasteiger partial charge in [0.2, 0.25) is 0 Å². The van der Waals surface area contributed by atoms with Gasteiger partial charge in [0.1, 0.15) is 6.29 Å². The number of hydrogen-bond acceptors (Lipinski definition) is 1. The Morgan fingerprint density at radius 2 is 1.67 bits per heavy atom. The van der Waals surface area contributed by atoms with E-state index < -0.39 is 0 Å². The van der Waals surface area contributed by atoms with Gasteiger partial charge in [-0.05, 0) is 24.0 Å². The third kappa shape index (κ3) is 10.1. The molecule has 1 rings (SSSR count).